The predicted octanol–water partition coefficient (Wildman–Crippen LogP) is 6.93. The van der Waals surface area contributed by atoms with E-state index in [9.17, 15) is 9.59 Å². The minimum atomic E-state index is -0.231. The Hall–Kier alpha value is -2.80. The van der Waals surface area contributed by atoms with E-state index in [1.165, 1.54) is 16.5 Å². The molecule has 3 heterocycles. The number of esters is 1. The molecule has 1 amide bonds. The molecule has 0 bridgehead atoms. The fraction of sp³-hybridized carbons (Fsp3) is 0.438. The number of piperidine rings is 2. The largest absolute Gasteiger partial charge is 0.465 e. The third-order valence-electron chi connectivity index (χ3n) is 8.43. The minimum Gasteiger partial charge on any atom is -0.465 e. The van der Waals surface area contributed by atoms with Crippen LogP contribution in [-0.2, 0) is 14.3 Å². The molecule has 2 fully saturated rings. The molecule has 1 N–H and O–H groups in total. The fourth-order valence-electron chi connectivity index (χ4n) is 6.18. The first kappa shape index (κ1) is 28.7. The Morgan fingerprint density at radius 3 is 2.50 bits per heavy atom. The number of fused-ring (bicyclic) bond motifs is 1. The molecule has 0 aliphatic carbocycles. The topological polar surface area (TPSA) is 65.6 Å². The van der Waals surface area contributed by atoms with E-state index >= 15 is 0 Å². The highest BCUT2D eigenvalue weighted by Crippen LogP contribution is 2.35. The molecule has 8 heteroatoms. The van der Waals surface area contributed by atoms with Gasteiger partial charge in [0.1, 0.15) is 6.04 Å². The number of hydrogen-bond donors (Lipinski definition) is 1. The zero-order chi connectivity index (χ0) is 28.1. The Labute approximate surface area is 246 Å². The second-order valence-corrected chi connectivity index (χ2v) is 11.7. The van der Waals surface area contributed by atoms with Gasteiger partial charge in [-0.25, -0.2) is 0 Å². The molecular formula is C32H37Cl2N3O3. The summed E-state index contributed by atoms with van der Waals surface area (Å²) in [5, 5.41) is 2.26. The minimum absolute atomic E-state index is 0.00850. The number of ether oxygens (including phenoxy) is 1. The maximum atomic E-state index is 13.1. The number of rotatable bonds is 8. The quantitative estimate of drug-likeness (QED) is 0.231. The first-order valence-electron chi connectivity index (χ1n) is 14.3. The number of nitrogens with one attached hydrogen (secondary N) is 1. The average molecular weight is 583 g/mol. The third-order valence-corrected chi connectivity index (χ3v) is 9.17. The highest BCUT2D eigenvalue weighted by molar-refractivity contribution is 6.42. The van der Waals surface area contributed by atoms with Crippen molar-refractivity contribution >= 4 is 52.1 Å². The van der Waals surface area contributed by atoms with Crippen LogP contribution in [0, 0.1) is 5.92 Å². The summed E-state index contributed by atoms with van der Waals surface area (Å²) in [6, 6.07) is 13.5. The summed E-state index contributed by atoms with van der Waals surface area (Å²) >= 11 is 12.1. The number of carbonyl (C=O) groups excluding carboxylic acids is 2. The molecule has 212 valence electrons. The number of nitrogens with zero attached hydrogens (tertiary/aromatic N) is 2. The second-order valence-electron chi connectivity index (χ2n) is 10.9. The summed E-state index contributed by atoms with van der Waals surface area (Å²) in [5.41, 5.74) is 3.40. The van der Waals surface area contributed by atoms with E-state index in [0.717, 1.165) is 50.8 Å². The number of benzene rings is 2. The monoisotopic (exact) mass is 581 g/mol. The van der Waals surface area contributed by atoms with Gasteiger partial charge in [0.25, 0.3) is 0 Å². The van der Waals surface area contributed by atoms with Gasteiger partial charge in [-0.3, -0.25) is 14.5 Å². The van der Waals surface area contributed by atoms with Crippen molar-refractivity contribution in [1.29, 1.82) is 0 Å². The Balaban J connectivity index is 1.15. The van der Waals surface area contributed by atoms with Crippen molar-refractivity contribution in [2.45, 2.75) is 51.0 Å². The summed E-state index contributed by atoms with van der Waals surface area (Å²) in [5.74, 6) is 0.743. The normalized spacial score (nSPS) is 18.4. The van der Waals surface area contributed by atoms with Crippen LogP contribution in [0.3, 0.4) is 0 Å². The van der Waals surface area contributed by atoms with E-state index in [4.69, 9.17) is 27.9 Å². The van der Waals surface area contributed by atoms with Gasteiger partial charge in [-0.15, -0.1) is 0 Å². The van der Waals surface area contributed by atoms with Crippen molar-refractivity contribution in [2.75, 3.05) is 32.8 Å². The number of likely N-dealkylation sites (tertiary alicyclic amines) is 2. The number of halogens is 2. The number of aromatic nitrogens is 1. The van der Waals surface area contributed by atoms with E-state index in [0.29, 0.717) is 41.6 Å². The van der Waals surface area contributed by atoms with Crippen molar-refractivity contribution < 1.29 is 14.3 Å². The lowest BCUT2D eigenvalue weighted by molar-refractivity contribution is -0.151. The number of amides is 1. The van der Waals surface area contributed by atoms with Crippen molar-refractivity contribution in [3.63, 3.8) is 0 Å². The van der Waals surface area contributed by atoms with Crippen LogP contribution in [-0.4, -0.2) is 65.5 Å². The van der Waals surface area contributed by atoms with Crippen LogP contribution in [0.15, 0.2) is 54.7 Å². The highest BCUT2D eigenvalue weighted by atomic mass is 35.5. The lowest BCUT2D eigenvalue weighted by atomic mass is 9.86. The lowest BCUT2D eigenvalue weighted by Gasteiger charge is -2.39. The molecule has 2 aliphatic rings. The first-order valence-corrected chi connectivity index (χ1v) is 15.1. The van der Waals surface area contributed by atoms with Crippen molar-refractivity contribution in [3.05, 3.63) is 75.9 Å². The van der Waals surface area contributed by atoms with Crippen LogP contribution in [0.4, 0.5) is 0 Å². The van der Waals surface area contributed by atoms with E-state index < -0.39 is 0 Å². The molecule has 1 atom stereocenters. The Morgan fingerprint density at radius 1 is 1.02 bits per heavy atom. The van der Waals surface area contributed by atoms with Gasteiger partial charge in [0, 0.05) is 36.3 Å². The van der Waals surface area contributed by atoms with Gasteiger partial charge in [0.05, 0.1) is 16.7 Å². The maximum Gasteiger partial charge on any atom is 0.323 e. The first-order chi connectivity index (χ1) is 19.4. The van der Waals surface area contributed by atoms with Gasteiger partial charge in [0.2, 0.25) is 5.91 Å². The summed E-state index contributed by atoms with van der Waals surface area (Å²) in [7, 11) is 0. The molecule has 2 aliphatic heterocycles. The van der Waals surface area contributed by atoms with Crippen molar-refractivity contribution in [2.24, 2.45) is 5.92 Å². The van der Waals surface area contributed by atoms with E-state index in [1.54, 1.807) is 24.3 Å². The van der Waals surface area contributed by atoms with Gasteiger partial charge in [-0.2, -0.15) is 0 Å². The molecular weight excluding hydrogens is 545 g/mol. The molecule has 1 aromatic heterocycles. The van der Waals surface area contributed by atoms with Gasteiger partial charge in [-0.1, -0.05) is 47.5 Å². The zero-order valence-electron chi connectivity index (χ0n) is 23.0. The number of para-hydroxylation sites is 1. The molecule has 40 heavy (non-hydrogen) atoms. The number of carbonyl (C=O) groups is 2. The molecule has 0 radical (unpaired) electrons. The lowest BCUT2D eigenvalue weighted by Crippen LogP contribution is -2.48. The molecule has 2 saturated heterocycles. The van der Waals surface area contributed by atoms with Crippen LogP contribution >= 0.6 is 23.2 Å². The van der Waals surface area contributed by atoms with Gasteiger partial charge in [-0.05, 0) is 99.4 Å². The van der Waals surface area contributed by atoms with E-state index in [-0.39, 0.29) is 17.9 Å². The number of H-pyrrole nitrogens is 1. The molecule has 1 unspecified atom stereocenters. The zero-order valence-corrected chi connectivity index (χ0v) is 24.5. The Kier molecular flexibility index (Phi) is 9.51. The summed E-state index contributed by atoms with van der Waals surface area (Å²) in [4.78, 5) is 33.5. The number of hydrogen-bond acceptors (Lipinski definition) is 4. The van der Waals surface area contributed by atoms with E-state index in [1.807, 2.05) is 17.9 Å². The molecule has 0 saturated carbocycles. The van der Waals surface area contributed by atoms with Crippen LogP contribution in [0.1, 0.15) is 56.1 Å². The van der Waals surface area contributed by atoms with Gasteiger partial charge in [0.15, 0.2) is 0 Å². The van der Waals surface area contributed by atoms with E-state index in [2.05, 4.69) is 40.3 Å². The van der Waals surface area contributed by atoms with Gasteiger partial charge >= 0.3 is 5.97 Å². The van der Waals surface area contributed by atoms with Crippen LogP contribution < -0.4 is 0 Å². The van der Waals surface area contributed by atoms with Crippen LogP contribution in [0.25, 0.3) is 17.0 Å². The summed E-state index contributed by atoms with van der Waals surface area (Å²) in [6.45, 7) is 5.39. The average Bonchev–Trinajstić information content (AvgIpc) is 3.41. The molecule has 5 rings (SSSR count). The predicted molar refractivity (Wildman–Crippen MR) is 162 cm³/mol. The standard InChI is InChI=1S/C32H37Cl2N3O3/c1-2-40-32(39)30(36-17-13-24(14-18-36)26-21-35-29-6-4-3-5-25(26)29)20-23-11-15-37(16-12-23)31(38)10-8-22-7-9-27(33)28(34)19-22/h3-10,19,21,23-24,30,35H,2,11-18,20H2,1H3. The summed E-state index contributed by atoms with van der Waals surface area (Å²) in [6.07, 6.45) is 10.1. The third kappa shape index (κ3) is 6.73. The maximum absolute atomic E-state index is 13.1. The highest BCUT2D eigenvalue weighted by Gasteiger charge is 2.35. The molecule has 0 spiro atoms. The number of aromatic amines is 1. The smallest absolute Gasteiger partial charge is 0.323 e. The van der Waals surface area contributed by atoms with Crippen molar-refractivity contribution in [1.82, 2.24) is 14.8 Å². The van der Waals surface area contributed by atoms with Crippen molar-refractivity contribution in [3.8, 4) is 0 Å². The van der Waals surface area contributed by atoms with Crippen LogP contribution in [0.5, 0.6) is 0 Å². The second kappa shape index (κ2) is 13.2. The molecule has 2 aromatic carbocycles. The molecule has 6 nitrogen and oxygen atoms in total. The van der Waals surface area contributed by atoms with Crippen LogP contribution in [0.2, 0.25) is 10.0 Å². The SMILES string of the molecule is CCOC(=O)C(CC1CCN(C(=O)C=Cc2ccc(Cl)c(Cl)c2)CC1)N1CCC(c2c[nH]c3ccccc23)CC1. The Morgan fingerprint density at radius 2 is 1.77 bits per heavy atom. The fourth-order valence-corrected chi connectivity index (χ4v) is 6.49. The molecule has 3 aromatic rings. The summed E-state index contributed by atoms with van der Waals surface area (Å²) < 4.78 is 5.53. The Bertz CT molecular complexity index is 1350. The van der Waals surface area contributed by atoms with Gasteiger partial charge < -0.3 is 14.6 Å².